The Kier molecular flexibility index (Phi) is 3.69. The van der Waals surface area contributed by atoms with Crippen LogP contribution in [-0.4, -0.2) is 42.1 Å². The minimum atomic E-state index is 0.466. The van der Waals surface area contributed by atoms with Crippen LogP contribution >= 0.6 is 11.6 Å². The van der Waals surface area contributed by atoms with Gasteiger partial charge in [0, 0.05) is 25.0 Å². The zero-order valence-electron chi connectivity index (χ0n) is 8.92. The number of alkyl halides is 1. The maximum atomic E-state index is 5.83. The molecule has 1 heterocycles. The molecule has 14 heavy (non-hydrogen) atoms. The summed E-state index contributed by atoms with van der Waals surface area (Å²) in [5, 5.41) is 0. The molecule has 82 valence electrons. The normalized spacial score (nSPS) is 32.8. The molecule has 0 aromatic heterocycles. The van der Waals surface area contributed by atoms with E-state index < -0.39 is 0 Å². The van der Waals surface area contributed by atoms with Crippen molar-refractivity contribution >= 4 is 11.6 Å². The van der Waals surface area contributed by atoms with Crippen molar-refractivity contribution in [3.63, 3.8) is 0 Å². The molecule has 0 spiro atoms. The Morgan fingerprint density at radius 3 is 2.57 bits per heavy atom. The van der Waals surface area contributed by atoms with Crippen LogP contribution in [0.5, 0.6) is 0 Å². The average molecular weight is 218 g/mol. The Morgan fingerprint density at radius 1 is 1.29 bits per heavy atom. The van der Waals surface area contributed by atoms with Gasteiger partial charge in [0.05, 0.1) is 12.2 Å². The van der Waals surface area contributed by atoms with Gasteiger partial charge in [0.1, 0.15) is 0 Å². The summed E-state index contributed by atoms with van der Waals surface area (Å²) in [5.41, 5.74) is 0. The van der Waals surface area contributed by atoms with Crippen LogP contribution in [-0.2, 0) is 4.74 Å². The molecule has 0 aromatic rings. The molecular weight excluding hydrogens is 198 g/mol. The number of ether oxygens (including phenoxy) is 1. The molecule has 1 saturated carbocycles. The molecule has 2 aliphatic rings. The van der Waals surface area contributed by atoms with Gasteiger partial charge in [-0.25, -0.2) is 0 Å². The fourth-order valence-electron chi connectivity index (χ4n) is 2.25. The lowest BCUT2D eigenvalue weighted by Crippen LogP contribution is -2.35. The largest absolute Gasteiger partial charge is 0.374 e. The van der Waals surface area contributed by atoms with Crippen LogP contribution in [0.4, 0.5) is 0 Å². The maximum absolute atomic E-state index is 5.83. The molecule has 0 aromatic carbocycles. The highest BCUT2D eigenvalue weighted by Gasteiger charge is 2.32. The first kappa shape index (κ1) is 10.7. The maximum Gasteiger partial charge on any atom is 0.0706 e. The van der Waals surface area contributed by atoms with Gasteiger partial charge in [-0.1, -0.05) is 0 Å². The van der Waals surface area contributed by atoms with Crippen LogP contribution < -0.4 is 0 Å². The summed E-state index contributed by atoms with van der Waals surface area (Å²) in [5.74, 6) is 0.749. The van der Waals surface area contributed by atoms with E-state index in [1.807, 2.05) is 0 Å². The summed E-state index contributed by atoms with van der Waals surface area (Å²) in [6, 6.07) is 0.813. The van der Waals surface area contributed by atoms with Crippen LogP contribution in [0, 0.1) is 0 Å². The highest BCUT2D eigenvalue weighted by Crippen LogP contribution is 2.29. The Bertz CT molecular complexity index is 184. The first-order valence-electron chi connectivity index (χ1n) is 5.75. The van der Waals surface area contributed by atoms with Crippen molar-refractivity contribution in [2.24, 2.45) is 0 Å². The van der Waals surface area contributed by atoms with Crippen molar-refractivity contribution in [1.82, 2.24) is 4.90 Å². The number of halogens is 1. The second-order valence-corrected chi connectivity index (χ2v) is 4.94. The Hall–Kier alpha value is 0.210. The summed E-state index contributed by atoms with van der Waals surface area (Å²) < 4.78 is 5.83. The second-order valence-electron chi connectivity index (χ2n) is 4.56. The molecule has 0 amide bonds. The van der Waals surface area contributed by atoms with Gasteiger partial charge >= 0.3 is 0 Å². The van der Waals surface area contributed by atoms with Crippen molar-refractivity contribution in [3.8, 4) is 0 Å². The van der Waals surface area contributed by atoms with Crippen LogP contribution in [0.25, 0.3) is 0 Å². The van der Waals surface area contributed by atoms with Gasteiger partial charge in [-0.3, -0.25) is 4.90 Å². The van der Waals surface area contributed by atoms with Crippen molar-refractivity contribution in [2.75, 3.05) is 19.0 Å². The molecule has 1 aliphatic carbocycles. The van der Waals surface area contributed by atoms with Crippen LogP contribution in [0.15, 0.2) is 0 Å². The zero-order chi connectivity index (χ0) is 9.97. The summed E-state index contributed by atoms with van der Waals surface area (Å²) >= 11 is 5.80. The topological polar surface area (TPSA) is 12.5 Å². The first-order chi connectivity index (χ1) is 6.79. The molecule has 1 saturated heterocycles. The van der Waals surface area contributed by atoms with E-state index in [1.165, 1.54) is 25.7 Å². The molecule has 2 atom stereocenters. The van der Waals surface area contributed by atoms with E-state index in [2.05, 4.69) is 11.8 Å². The van der Waals surface area contributed by atoms with E-state index in [-0.39, 0.29) is 0 Å². The van der Waals surface area contributed by atoms with Crippen LogP contribution in [0.1, 0.15) is 32.6 Å². The monoisotopic (exact) mass is 217 g/mol. The Morgan fingerprint density at radius 2 is 2.07 bits per heavy atom. The van der Waals surface area contributed by atoms with E-state index in [0.29, 0.717) is 12.2 Å². The van der Waals surface area contributed by atoms with Gasteiger partial charge in [-0.15, -0.1) is 11.6 Å². The fourth-order valence-corrected chi connectivity index (χ4v) is 2.47. The van der Waals surface area contributed by atoms with Crippen molar-refractivity contribution in [3.05, 3.63) is 0 Å². The lowest BCUT2D eigenvalue weighted by molar-refractivity contribution is 0.0309. The van der Waals surface area contributed by atoms with Gasteiger partial charge in [0.2, 0.25) is 0 Å². The summed E-state index contributed by atoms with van der Waals surface area (Å²) in [7, 11) is 0. The van der Waals surface area contributed by atoms with Crippen LogP contribution in [0.2, 0.25) is 0 Å². The van der Waals surface area contributed by atoms with Gasteiger partial charge < -0.3 is 4.74 Å². The van der Waals surface area contributed by atoms with Crippen LogP contribution in [0.3, 0.4) is 0 Å². The molecular formula is C11H20ClNO. The molecule has 2 rings (SSSR count). The van der Waals surface area contributed by atoms with E-state index in [9.17, 15) is 0 Å². The van der Waals surface area contributed by atoms with Gasteiger partial charge in [-0.05, 0) is 32.6 Å². The molecule has 0 radical (unpaired) electrons. The highest BCUT2D eigenvalue weighted by atomic mass is 35.5. The minimum Gasteiger partial charge on any atom is -0.374 e. The number of rotatable bonds is 5. The third kappa shape index (κ3) is 2.85. The standard InChI is InChI=1S/C11H20ClNO/c1-9-2-5-11(14-9)8-13(7-6-12)10-3-4-10/h9-11H,2-8H2,1H3. The molecule has 2 fully saturated rings. The SMILES string of the molecule is CC1CCC(CN(CCCl)C2CC2)O1. The lowest BCUT2D eigenvalue weighted by Gasteiger charge is -2.24. The fraction of sp³-hybridized carbons (Fsp3) is 1.00. The second kappa shape index (κ2) is 4.82. The highest BCUT2D eigenvalue weighted by molar-refractivity contribution is 6.18. The quantitative estimate of drug-likeness (QED) is 0.655. The van der Waals surface area contributed by atoms with E-state index >= 15 is 0 Å². The predicted molar refractivity (Wildman–Crippen MR) is 58.9 cm³/mol. The van der Waals surface area contributed by atoms with Gasteiger partial charge in [-0.2, -0.15) is 0 Å². The van der Waals surface area contributed by atoms with E-state index in [1.54, 1.807) is 0 Å². The molecule has 3 heteroatoms. The average Bonchev–Trinajstić information content (AvgIpc) is 2.91. The lowest BCUT2D eigenvalue weighted by atomic mass is 10.2. The number of hydrogen-bond donors (Lipinski definition) is 0. The third-order valence-electron chi connectivity index (χ3n) is 3.19. The Balaban J connectivity index is 1.75. The Labute approximate surface area is 91.6 Å². The summed E-state index contributed by atoms with van der Waals surface area (Å²) in [4.78, 5) is 2.51. The van der Waals surface area contributed by atoms with Crippen molar-refractivity contribution < 1.29 is 4.74 Å². The van der Waals surface area contributed by atoms with E-state index in [4.69, 9.17) is 16.3 Å². The third-order valence-corrected chi connectivity index (χ3v) is 3.36. The van der Waals surface area contributed by atoms with Gasteiger partial charge in [0.15, 0.2) is 0 Å². The smallest absolute Gasteiger partial charge is 0.0706 e. The number of nitrogens with zero attached hydrogens (tertiary/aromatic N) is 1. The first-order valence-corrected chi connectivity index (χ1v) is 6.28. The minimum absolute atomic E-state index is 0.466. The molecule has 2 unspecified atom stereocenters. The molecule has 1 aliphatic heterocycles. The van der Waals surface area contributed by atoms with Crippen molar-refractivity contribution in [2.45, 2.75) is 50.9 Å². The predicted octanol–water partition coefficient (Wildman–Crippen LogP) is 2.26. The molecule has 0 N–H and O–H groups in total. The van der Waals surface area contributed by atoms with E-state index in [0.717, 1.165) is 25.0 Å². The zero-order valence-corrected chi connectivity index (χ0v) is 9.67. The summed E-state index contributed by atoms with van der Waals surface area (Å²) in [6.07, 6.45) is 6.11. The molecule has 2 nitrogen and oxygen atoms in total. The molecule has 0 bridgehead atoms. The number of hydrogen-bond acceptors (Lipinski definition) is 2. The summed E-state index contributed by atoms with van der Waals surface area (Å²) in [6.45, 7) is 4.30. The van der Waals surface area contributed by atoms with Gasteiger partial charge in [0.25, 0.3) is 0 Å². The van der Waals surface area contributed by atoms with Crippen molar-refractivity contribution in [1.29, 1.82) is 0 Å².